The molecule has 1 aliphatic rings. The van der Waals surface area contributed by atoms with Crippen LogP contribution in [0.3, 0.4) is 0 Å². The molecule has 11 heteroatoms. The highest BCUT2D eigenvalue weighted by Crippen LogP contribution is 2.38. The van der Waals surface area contributed by atoms with Crippen LogP contribution in [0.25, 0.3) is 0 Å². The molecule has 1 N–H and O–H groups in total. The minimum atomic E-state index is -4.59. The third kappa shape index (κ3) is 7.34. The van der Waals surface area contributed by atoms with Crippen molar-refractivity contribution in [1.82, 2.24) is 9.79 Å². The summed E-state index contributed by atoms with van der Waals surface area (Å²) in [6, 6.07) is 10.5. The van der Waals surface area contributed by atoms with Crippen molar-refractivity contribution in [3.05, 3.63) is 93.8 Å². The number of ether oxygens (including phenoxy) is 1. The number of aromatic nitrogens is 1. The average Bonchev–Trinajstić information content (AvgIpc) is 2.96. The zero-order chi connectivity index (χ0) is 29.7. The zero-order valence-electron chi connectivity index (χ0n) is 23.0. The maximum atomic E-state index is 14.1. The van der Waals surface area contributed by atoms with Crippen molar-refractivity contribution in [2.45, 2.75) is 26.3 Å². The van der Waals surface area contributed by atoms with Crippen LogP contribution in [0.4, 0.5) is 18.9 Å². The van der Waals surface area contributed by atoms with Gasteiger partial charge < -0.3 is 19.5 Å². The van der Waals surface area contributed by atoms with E-state index in [2.05, 4.69) is 16.8 Å². The fourth-order valence-electron chi connectivity index (χ4n) is 4.63. The molecular weight excluding hydrogens is 534 g/mol. The van der Waals surface area contributed by atoms with E-state index >= 15 is 0 Å². The van der Waals surface area contributed by atoms with Crippen molar-refractivity contribution < 1.29 is 32.5 Å². The molecule has 0 unspecified atom stereocenters. The third-order valence-electron chi connectivity index (χ3n) is 6.97. The Morgan fingerprint density at radius 1 is 1.02 bits per heavy atom. The predicted molar refractivity (Wildman–Crippen MR) is 150 cm³/mol. The number of halogens is 3. The number of hydrogen-bond donors (Lipinski definition) is 1. The second-order valence-electron chi connectivity index (χ2n) is 9.84. The quantitative estimate of drug-likeness (QED) is 0.208. The number of rotatable bonds is 6. The first-order valence-electron chi connectivity index (χ1n) is 13.0. The van der Waals surface area contributed by atoms with Crippen LogP contribution in [0, 0.1) is 18.8 Å². The van der Waals surface area contributed by atoms with Crippen LogP contribution in [0.5, 0.6) is 0 Å². The van der Waals surface area contributed by atoms with Crippen molar-refractivity contribution >= 4 is 24.5 Å². The average molecular weight is 563 g/mol. The lowest BCUT2D eigenvalue weighted by atomic mass is 9.84. The lowest BCUT2D eigenvalue weighted by molar-refractivity contribution is -0.137. The summed E-state index contributed by atoms with van der Waals surface area (Å²) in [5.74, 6) is 5.04. The number of carbonyl (C=O) groups excluding carboxylic acids is 2. The highest BCUT2D eigenvalue weighted by Gasteiger charge is 2.36. The second kappa shape index (κ2) is 12.6. The van der Waals surface area contributed by atoms with Crippen LogP contribution in [0.2, 0.25) is 6.82 Å². The Morgan fingerprint density at radius 2 is 1.76 bits per heavy atom. The van der Waals surface area contributed by atoms with E-state index < -0.39 is 24.8 Å². The molecule has 1 aromatic heterocycles. The largest absolute Gasteiger partial charge is 0.465 e. The number of hydrogen-bond acceptors (Lipinski definition) is 7. The highest BCUT2D eigenvalue weighted by molar-refractivity contribution is 6.45. The van der Waals surface area contributed by atoms with E-state index in [1.54, 1.807) is 46.9 Å². The number of nitrogens with zero attached hydrogens (tertiary/aromatic N) is 3. The van der Waals surface area contributed by atoms with Gasteiger partial charge in [0, 0.05) is 67.4 Å². The van der Waals surface area contributed by atoms with Crippen LogP contribution in [-0.4, -0.2) is 66.9 Å². The molecule has 0 spiro atoms. The summed E-state index contributed by atoms with van der Waals surface area (Å²) in [4.78, 5) is 32.3. The molecule has 41 heavy (non-hydrogen) atoms. The molecule has 4 rings (SSSR count). The van der Waals surface area contributed by atoms with E-state index in [-0.39, 0.29) is 29.0 Å². The molecule has 0 radical (unpaired) electrons. The van der Waals surface area contributed by atoms with E-state index in [0.29, 0.717) is 42.9 Å². The van der Waals surface area contributed by atoms with Gasteiger partial charge in [0.1, 0.15) is 0 Å². The first-order valence-corrected chi connectivity index (χ1v) is 13.0. The molecule has 3 aromatic rings. The number of pyridine rings is 1. The summed E-state index contributed by atoms with van der Waals surface area (Å²) in [6.45, 7) is 5.05. The predicted octanol–water partition coefficient (Wildman–Crippen LogP) is 4.25. The number of esters is 1. The summed E-state index contributed by atoms with van der Waals surface area (Å²) in [7, 11) is 0.613. The third-order valence-corrected chi connectivity index (χ3v) is 6.97. The Hall–Kier alpha value is -4.14. The standard InChI is InChI=1S/C30H29BF3N3O4/c1-20-4-7-24(17-23(20)8-5-22-14-25(19-35-18-22)29(39)41-3)28(38)16-21-6-9-27(26(15-21)30(32,33)34)36-10-12-37(13-11-36)31(2)40/h4,6-7,9,14-15,17-19,40H,10-13,16H2,1-3H3. The summed E-state index contributed by atoms with van der Waals surface area (Å²) < 4.78 is 46.9. The molecular formula is C30H29BF3N3O4. The molecule has 212 valence electrons. The van der Waals surface area contributed by atoms with Crippen LogP contribution < -0.4 is 4.90 Å². The minimum Gasteiger partial charge on any atom is -0.465 e. The molecule has 0 amide bonds. The second-order valence-corrected chi connectivity index (χ2v) is 9.84. The first-order chi connectivity index (χ1) is 19.5. The number of aryl methyl sites for hydroxylation is 1. The van der Waals surface area contributed by atoms with Crippen molar-refractivity contribution in [1.29, 1.82) is 0 Å². The number of carbonyl (C=O) groups is 2. The maximum absolute atomic E-state index is 14.1. The molecule has 1 saturated heterocycles. The molecule has 1 fully saturated rings. The molecule has 2 aromatic carbocycles. The number of Topliss-reactive ketones (excluding diaryl/α,β-unsaturated/α-hetero) is 1. The van der Waals surface area contributed by atoms with Gasteiger partial charge in [0.2, 0.25) is 0 Å². The Bertz CT molecular complexity index is 1510. The normalized spacial score (nSPS) is 13.8. The van der Waals surface area contributed by atoms with Gasteiger partial charge in [0.05, 0.1) is 18.2 Å². The van der Waals surface area contributed by atoms with E-state index in [1.165, 1.54) is 25.6 Å². The van der Waals surface area contributed by atoms with E-state index in [9.17, 15) is 27.8 Å². The van der Waals surface area contributed by atoms with Gasteiger partial charge in [-0.2, -0.15) is 13.2 Å². The van der Waals surface area contributed by atoms with Crippen molar-refractivity contribution in [2.75, 3.05) is 38.2 Å². The minimum absolute atomic E-state index is 0.0672. The van der Waals surface area contributed by atoms with Gasteiger partial charge in [0.15, 0.2) is 5.78 Å². The number of methoxy groups -OCH3 is 1. The number of anilines is 1. The fourth-order valence-corrected chi connectivity index (χ4v) is 4.63. The monoisotopic (exact) mass is 563 g/mol. The zero-order valence-corrected chi connectivity index (χ0v) is 23.0. The molecule has 0 bridgehead atoms. The summed E-state index contributed by atoms with van der Waals surface area (Å²) in [6.07, 6.45) is -1.93. The molecule has 0 atom stereocenters. The molecule has 2 heterocycles. The molecule has 7 nitrogen and oxygen atoms in total. The topological polar surface area (TPSA) is 83.0 Å². The van der Waals surface area contributed by atoms with Crippen molar-refractivity contribution in [3.8, 4) is 11.8 Å². The number of benzene rings is 2. The lowest BCUT2D eigenvalue weighted by Gasteiger charge is -2.37. The van der Waals surface area contributed by atoms with Gasteiger partial charge in [-0.05, 0) is 49.1 Å². The van der Waals surface area contributed by atoms with Crippen LogP contribution in [0.1, 0.15) is 48.5 Å². The van der Waals surface area contributed by atoms with Gasteiger partial charge in [-0.15, -0.1) is 0 Å². The van der Waals surface area contributed by atoms with Crippen LogP contribution in [-0.2, 0) is 17.3 Å². The Balaban J connectivity index is 1.54. The first kappa shape index (κ1) is 29.8. The number of alkyl halides is 3. The maximum Gasteiger partial charge on any atom is 0.418 e. The number of ketones is 1. The van der Waals surface area contributed by atoms with E-state index in [0.717, 1.165) is 11.6 Å². The molecule has 0 aliphatic carbocycles. The van der Waals surface area contributed by atoms with Gasteiger partial charge in [-0.25, -0.2) is 4.79 Å². The van der Waals surface area contributed by atoms with Gasteiger partial charge in [-0.1, -0.05) is 30.0 Å². The molecule has 0 saturated carbocycles. The Kier molecular flexibility index (Phi) is 9.16. The molecule has 1 aliphatic heterocycles. The van der Waals surface area contributed by atoms with Crippen molar-refractivity contribution in [2.24, 2.45) is 0 Å². The van der Waals surface area contributed by atoms with Gasteiger partial charge in [0.25, 0.3) is 0 Å². The van der Waals surface area contributed by atoms with Crippen LogP contribution in [0.15, 0.2) is 54.9 Å². The van der Waals surface area contributed by atoms with Gasteiger partial charge >= 0.3 is 19.2 Å². The van der Waals surface area contributed by atoms with Crippen molar-refractivity contribution in [3.63, 3.8) is 0 Å². The van der Waals surface area contributed by atoms with E-state index in [4.69, 9.17) is 4.74 Å². The van der Waals surface area contributed by atoms with Gasteiger partial charge in [-0.3, -0.25) is 9.78 Å². The highest BCUT2D eigenvalue weighted by atomic mass is 19.4. The fraction of sp³-hybridized carbons (Fsp3) is 0.300. The summed E-state index contributed by atoms with van der Waals surface area (Å²) in [5.41, 5.74) is 1.99. The Labute approximate surface area is 237 Å². The summed E-state index contributed by atoms with van der Waals surface area (Å²) >= 11 is 0. The van der Waals surface area contributed by atoms with E-state index in [1.807, 2.05) is 6.92 Å². The lowest BCUT2D eigenvalue weighted by Crippen LogP contribution is -2.51. The van der Waals surface area contributed by atoms with Crippen LogP contribution >= 0.6 is 0 Å². The SMILES string of the molecule is COC(=O)c1cncc(C#Cc2cc(C(=O)Cc3ccc(N4CCN(B(C)O)CC4)c(C(F)(F)F)c3)ccc2C)c1. The number of piperazine rings is 1. The smallest absolute Gasteiger partial charge is 0.418 e. The summed E-state index contributed by atoms with van der Waals surface area (Å²) in [5, 5.41) is 9.75. The Morgan fingerprint density at radius 3 is 2.41 bits per heavy atom.